The summed E-state index contributed by atoms with van der Waals surface area (Å²) in [7, 11) is 0. The van der Waals surface area contributed by atoms with Crippen molar-refractivity contribution in [1.29, 1.82) is 0 Å². The zero-order valence-electron chi connectivity index (χ0n) is 28.4. The summed E-state index contributed by atoms with van der Waals surface area (Å²) in [5, 5.41) is 0. The second-order valence-electron chi connectivity index (χ2n) is 13.5. The highest BCUT2D eigenvalue weighted by atomic mass is 16.6. The van der Waals surface area contributed by atoms with Gasteiger partial charge in [0.1, 0.15) is 36.9 Å². The fourth-order valence-electron chi connectivity index (χ4n) is 7.49. The first-order valence-electron chi connectivity index (χ1n) is 16.9. The Hall–Kier alpha value is -3.68. The third-order valence-corrected chi connectivity index (χ3v) is 9.62. The van der Waals surface area contributed by atoms with Crippen LogP contribution in [-0.2, 0) is 24.4 Å². The van der Waals surface area contributed by atoms with Crippen molar-refractivity contribution in [3.8, 4) is 22.6 Å². The molecule has 246 valence electrons. The van der Waals surface area contributed by atoms with E-state index in [1.54, 1.807) is 0 Å². The number of fused-ring (bicyclic) bond motifs is 3. The fraction of sp³-hybridized carbons (Fsp3) is 0.415. The van der Waals surface area contributed by atoms with Crippen molar-refractivity contribution in [1.82, 2.24) is 0 Å². The second kappa shape index (κ2) is 13.1. The molecule has 0 saturated carbocycles. The van der Waals surface area contributed by atoms with E-state index in [0.717, 1.165) is 24.7 Å². The fourth-order valence-corrected chi connectivity index (χ4v) is 7.49. The lowest BCUT2D eigenvalue weighted by molar-refractivity contribution is 0.0241. The van der Waals surface area contributed by atoms with E-state index < -0.39 is 5.41 Å². The number of aryl methyl sites for hydroxylation is 4. The predicted molar refractivity (Wildman–Crippen MR) is 184 cm³/mol. The zero-order valence-corrected chi connectivity index (χ0v) is 28.4. The third kappa shape index (κ3) is 6.32. The molecule has 6 nitrogen and oxygen atoms in total. The van der Waals surface area contributed by atoms with Crippen LogP contribution in [0.2, 0.25) is 0 Å². The Morgan fingerprint density at radius 2 is 0.979 bits per heavy atom. The summed E-state index contributed by atoms with van der Waals surface area (Å²) in [5.74, 6) is 1.72. The molecule has 47 heavy (non-hydrogen) atoms. The highest BCUT2D eigenvalue weighted by molar-refractivity contribution is 5.87. The van der Waals surface area contributed by atoms with Gasteiger partial charge in [-0.2, -0.15) is 0 Å². The van der Waals surface area contributed by atoms with Gasteiger partial charge < -0.3 is 28.4 Å². The minimum absolute atomic E-state index is 0.0211. The van der Waals surface area contributed by atoms with Crippen LogP contribution in [0.4, 0.5) is 0 Å². The smallest absolute Gasteiger partial charge is 0.119 e. The molecular weight excluding hydrogens is 588 g/mol. The van der Waals surface area contributed by atoms with Gasteiger partial charge in [-0.15, -0.1) is 0 Å². The van der Waals surface area contributed by atoms with E-state index in [1.165, 1.54) is 55.6 Å². The van der Waals surface area contributed by atoms with Crippen LogP contribution in [0.1, 0.15) is 58.4 Å². The quantitative estimate of drug-likeness (QED) is 0.117. The van der Waals surface area contributed by atoms with Gasteiger partial charge >= 0.3 is 0 Å². The first-order chi connectivity index (χ1) is 22.8. The second-order valence-corrected chi connectivity index (χ2v) is 13.5. The van der Waals surface area contributed by atoms with Crippen LogP contribution in [0.3, 0.4) is 0 Å². The van der Waals surface area contributed by atoms with Crippen LogP contribution in [0.25, 0.3) is 11.1 Å². The molecule has 0 amide bonds. The SMILES string of the molecule is Cc1cc(OCC(C)OCC2CO2)cc(C)c1C1(c2c(C)cc(OCC(C)OCC3CO3)cc2C)c2ccccc2-c2ccccc21. The molecular formula is C41H46O6. The van der Waals surface area contributed by atoms with E-state index in [9.17, 15) is 0 Å². The summed E-state index contributed by atoms with van der Waals surface area (Å²) < 4.78 is 35.1. The zero-order chi connectivity index (χ0) is 32.7. The standard InChI is InChI=1S/C41H46O6/c1-25-15-31(44-19-29(5)42-21-33-23-46-33)16-26(2)39(25)41(37-13-9-7-11-35(37)36-12-8-10-14-38(36)41)40-27(3)17-32(18-28(40)4)45-20-30(6)43-22-34-24-47-34/h7-18,29-30,33-34H,19-24H2,1-6H3. The van der Waals surface area contributed by atoms with E-state index in [2.05, 4.69) is 100 Å². The maximum atomic E-state index is 6.32. The molecule has 4 unspecified atom stereocenters. The summed E-state index contributed by atoms with van der Waals surface area (Å²) in [6.07, 6.45) is 0.443. The van der Waals surface area contributed by atoms with Crippen molar-refractivity contribution in [3.63, 3.8) is 0 Å². The Balaban J connectivity index is 1.29. The van der Waals surface area contributed by atoms with E-state index in [1.807, 2.05) is 13.8 Å². The molecule has 4 atom stereocenters. The van der Waals surface area contributed by atoms with Crippen LogP contribution in [0, 0.1) is 27.7 Å². The van der Waals surface area contributed by atoms with Crippen molar-refractivity contribution in [3.05, 3.63) is 117 Å². The van der Waals surface area contributed by atoms with Crippen LogP contribution in [-0.4, -0.2) is 64.1 Å². The van der Waals surface area contributed by atoms with Crippen LogP contribution in [0.15, 0.2) is 72.8 Å². The predicted octanol–water partition coefficient (Wildman–Crippen LogP) is 7.65. The Kier molecular flexibility index (Phi) is 8.88. The molecule has 0 bridgehead atoms. The average molecular weight is 635 g/mol. The summed E-state index contributed by atoms with van der Waals surface area (Å²) >= 11 is 0. The van der Waals surface area contributed by atoms with E-state index >= 15 is 0 Å². The summed E-state index contributed by atoms with van der Waals surface area (Å²) in [5.41, 5.74) is 12.0. The topological polar surface area (TPSA) is 62.0 Å². The molecule has 4 aromatic rings. The molecule has 6 heteroatoms. The third-order valence-electron chi connectivity index (χ3n) is 9.62. The molecule has 0 spiro atoms. The Bertz CT molecular complexity index is 1580. The van der Waals surface area contributed by atoms with E-state index in [4.69, 9.17) is 28.4 Å². The maximum absolute atomic E-state index is 6.32. The molecule has 2 saturated heterocycles. The van der Waals surface area contributed by atoms with E-state index in [0.29, 0.717) is 26.4 Å². The summed E-state index contributed by atoms with van der Waals surface area (Å²) in [4.78, 5) is 0. The number of epoxide rings is 2. The molecule has 2 heterocycles. The highest BCUT2D eigenvalue weighted by Gasteiger charge is 2.49. The summed E-state index contributed by atoms with van der Waals surface area (Å²) in [6, 6.07) is 26.6. The van der Waals surface area contributed by atoms with Crippen molar-refractivity contribution in [2.45, 2.75) is 71.4 Å². The van der Waals surface area contributed by atoms with Gasteiger partial charge in [-0.05, 0) is 121 Å². The Morgan fingerprint density at radius 1 is 0.617 bits per heavy atom. The first kappa shape index (κ1) is 31.9. The number of ether oxygens (including phenoxy) is 6. The lowest BCUT2D eigenvalue weighted by Gasteiger charge is -2.39. The van der Waals surface area contributed by atoms with Crippen LogP contribution >= 0.6 is 0 Å². The lowest BCUT2D eigenvalue weighted by atomic mass is 9.63. The molecule has 0 N–H and O–H groups in total. The van der Waals surface area contributed by atoms with Gasteiger partial charge in [0, 0.05) is 0 Å². The van der Waals surface area contributed by atoms with E-state index in [-0.39, 0.29) is 24.4 Å². The lowest BCUT2D eigenvalue weighted by Crippen LogP contribution is -2.32. The van der Waals surface area contributed by atoms with Crippen molar-refractivity contribution in [2.75, 3.05) is 39.6 Å². The van der Waals surface area contributed by atoms with Gasteiger partial charge in [-0.25, -0.2) is 0 Å². The highest BCUT2D eigenvalue weighted by Crippen LogP contribution is 2.59. The van der Waals surface area contributed by atoms with Crippen molar-refractivity contribution in [2.24, 2.45) is 0 Å². The Morgan fingerprint density at radius 3 is 1.34 bits per heavy atom. The minimum Gasteiger partial charge on any atom is -0.491 e. The first-order valence-corrected chi connectivity index (χ1v) is 16.9. The van der Waals surface area contributed by atoms with Gasteiger partial charge in [-0.3, -0.25) is 0 Å². The maximum Gasteiger partial charge on any atom is 0.119 e. The average Bonchev–Trinajstić information content (AvgIpc) is 3.99. The molecule has 4 aromatic carbocycles. The number of rotatable bonds is 14. The molecule has 0 radical (unpaired) electrons. The molecule has 2 aliphatic heterocycles. The van der Waals surface area contributed by atoms with Gasteiger partial charge in [0.05, 0.1) is 44.1 Å². The van der Waals surface area contributed by atoms with Crippen molar-refractivity contribution >= 4 is 0 Å². The van der Waals surface area contributed by atoms with Gasteiger partial charge in [-0.1, -0.05) is 48.5 Å². The van der Waals surface area contributed by atoms with Gasteiger partial charge in [0.25, 0.3) is 0 Å². The molecule has 3 aliphatic rings. The monoisotopic (exact) mass is 634 g/mol. The molecule has 0 aromatic heterocycles. The minimum atomic E-state index is -0.520. The molecule has 7 rings (SSSR count). The number of hydrogen-bond acceptors (Lipinski definition) is 6. The number of benzene rings is 4. The summed E-state index contributed by atoms with van der Waals surface area (Å²) in [6.45, 7) is 16.8. The van der Waals surface area contributed by atoms with Gasteiger partial charge in [0.2, 0.25) is 0 Å². The normalized spacial score (nSPS) is 19.9. The largest absolute Gasteiger partial charge is 0.491 e. The van der Waals surface area contributed by atoms with Crippen LogP contribution in [0.5, 0.6) is 11.5 Å². The van der Waals surface area contributed by atoms with Crippen LogP contribution < -0.4 is 9.47 Å². The molecule has 2 fully saturated rings. The molecule has 1 aliphatic carbocycles. The van der Waals surface area contributed by atoms with Crippen molar-refractivity contribution < 1.29 is 28.4 Å². The number of hydrogen-bond donors (Lipinski definition) is 0. The Labute approximate surface area is 278 Å². The van der Waals surface area contributed by atoms with Gasteiger partial charge in [0.15, 0.2) is 0 Å².